The summed E-state index contributed by atoms with van der Waals surface area (Å²) in [6.07, 6.45) is -4.61. The van der Waals surface area contributed by atoms with Crippen LogP contribution in [0.3, 0.4) is 0 Å². The molecule has 0 fully saturated rings. The molecule has 0 unspecified atom stereocenters. The fraction of sp³-hybridized carbons (Fsp3) is 0.263. The molecule has 0 spiro atoms. The van der Waals surface area contributed by atoms with Gasteiger partial charge >= 0.3 is 12.1 Å². The van der Waals surface area contributed by atoms with Crippen LogP contribution in [0.2, 0.25) is 0 Å². The number of amides is 1. The third kappa shape index (κ3) is 7.48. The molecule has 0 aliphatic heterocycles. The van der Waals surface area contributed by atoms with Gasteiger partial charge in [0, 0.05) is 0 Å². The molecule has 0 saturated heterocycles. The number of halogens is 3. The zero-order chi connectivity index (χ0) is 23.1. The second-order valence-corrected chi connectivity index (χ2v) is 7.71. The maximum Gasteiger partial charge on any atom is 0.405 e. The third-order valence-electron chi connectivity index (χ3n) is 3.66. The summed E-state index contributed by atoms with van der Waals surface area (Å²) in [6.45, 7) is -0.340. The van der Waals surface area contributed by atoms with Gasteiger partial charge in [-0.15, -0.1) is 0 Å². The SMILES string of the molecule is CCOc1ccc(S(=O)(=O)Nc2ccccc2C(=O)OCC(=O)NCC(F)(F)F)cc1. The van der Waals surface area contributed by atoms with Crippen LogP contribution in [0.5, 0.6) is 5.75 Å². The van der Waals surface area contributed by atoms with Crippen molar-refractivity contribution < 1.29 is 40.7 Å². The fourth-order valence-electron chi connectivity index (χ4n) is 2.29. The van der Waals surface area contributed by atoms with Crippen LogP contribution in [0.1, 0.15) is 17.3 Å². The number of carbonyl (C=O) groups is 2. The van der Waals surface area contributed by atoms with Crippen LogP contribution < -0.4 is 14.8 Å². The molecule has 0 aliphatic rings. The summed E-state index contributed by atoms with van der Waals surface area (Å²) < 4.78 is 73.7. The van der Waals surface area contributed by atoms with E-state index >= 15 is 0 Å². The van der Waals surface area contributed by atoms with Gasteiger partial charge in [0.25, 0.3) is 15.9 Å². The van der Waals surface area contributed by atoms with E-state index in [1.807, 2.05) is 0 Å². The number of carbonyl (C=O) groups excluding carboxylic acids is 2. The summed E-state index contributed by atoms with van der Waals surface area (Å²) in [7, 11) is -4.07. The number of benzene rings is 2. The first-order chi connectivity index (χ1) is 14.5. The highest BCUT2D eigenvalue weighted by Crippen LogP contribution is 2.22. The molecule has 2 aromatic carbocycles. The van der Waals surface area contributed by atoms with Crippen molar-refractivity contribution in [3.05, 3.63) is 54.1 Å². The predicted molar refractivity (Wildman–Crippen MR) is 104 cm³/mol. The van der Waals surface area contributed by atoms with Crippen molar-refractivity contribution in [2.45, 2.75) is 18.0 Å². The molecule has 0 atom stereocenters. The zero-order valence-corrected chi connectivity index (χ0v) is 17.0. The normalized spacial score (nSPS) is 11.5. The number of hydrogen-bond donors (Lipinski definition) is 2. The van der Waals surface area contributed by atoms with Crippen LogP contribution in [-0.2, 0) is 19.6 Å². The lowest BCUT2D eigenvalue weighted by Crippen LogP contribution is -2.36. The molecule has 1 amide bonds. The fourth-order valence-corrected chi connectivity index (χ4v) is 3.37. The van der Waals surface area contributed by atoms with Crippen LogP contribution in [0.25, 0.3) is 0 Å². The Morgan fingerprint density at radius 2 is 1.68 bits per heavy atom. The van der Waals surface area contributed by atoms with Crippen LogP contribution in [0.4, 0.5) is 18.9 Å². The standard InChI is InChI=1S/C19H19F3N2O6S/c1-2-29-13-7-9-14(10-8-13)31(27,28)24-16-6-4-3-5-15(16)18(26)30-11-17(25)23-12-19(20,21)22/h3-10,24H,2,11-12H2,1H3,(H,23,25). The van der Waals surface area contributed by atoms with E-state index in [1.165, 1.54) is 48.5 Å². The van der Waals surface area contributed by atoms with E-state index in [1.54, 1.807) is 12.2 Å². The lowest BCUT2D eigenvalue weighted by atomic mass is 10.2. The lowest BCUT2D eigenvalue weighted by molar-refractivity contribution is -0.140. The van der Waals surface area contributed by atoms with Gasteiger partial charge in [0.05, 0.1) is 22.8 Å². The van der Waals surface area contributed by atoms with Crippen molar-refractivity contribution in [2.24, 2.45) is 0 Å². The van der Waals surface area contributed by atoms with E-state index < -0.39 is 41.2 Å². The minimum Gasteiger partial charge on any atom is -0.494 e. The first kappa shape index (κ1) is 24.0. The van der Waals surface area contributed by atoms with E-state index in [4.69, 9.17) is 4.74 Å². The third-order valence-corrected chi connectivity index (χ3v) is 5.04. The minimum atomic E-state index is -4.61. The van der Waals surface area contributed by atoms with Gasteiger partial charge in [-0.3, -0.25) is 9.52 Å². The van der Waals surface area contributed by atoms with Crippen molar-refractivity contribution in [1.29, 1.82) is 0 Å². The Balaban J connectivity index is 2.08. The van der Waals surface area contributed by atoms with Gasteiger partial charge < -0.3 is 14.8 Å². The Morgan fingerprint density at radius 3 is 2.29 bits per heavy atom. The summed E-state index contributed by atoms with van der Waals surface area (Å²) in [4.78, 5) is 23.5. The number of alkyl halides is 3. The summed E-state index contributed by atoms with van der Waals surface area (Å²) in [5.74, 6) is -1.76. The van der Waals surface area contributed by atoms with E-state index in [2.05, 4.69) is 9.46 Å². The van der Waals surface area contributed by atoms with Crippen molar-refractivity contribution in [3.8, 4) is 5.75 Å². The quantitative estimate of drug-likeness (QED) is 0.557. The van der Waals surface area contributed by atoms with Gasteiger partial charge in [-0.05, 0) is 43.3 Å². The number of anilines is 1. The molecule has 31 heavy (non-hydrogen) atoms. The van der Waals surface area contributed by atoms with Gasteiger partial charge in [-0.2, -0.15) is 13.2 Å². The van der Waals surface area contributed by atoms with E-state index in [0.29, 0.717) is 12.4 Å². The average molecular weight is 460 g/mol. The molecule has 168 valence electrons. The van der Waals surface area contributed by atoms with Crippen molar-refractivity contribution in [2.75, 3.05) is 24.5 Å². The Hall–Kier alpha value is -3.28. The van der Waals surface area contributed by atoms with Gasteiger partial charge in [0.1, 0.15) is 12.3 Å². The number of hydrogen-bond acceptors (Lipinski definition) is 6. The molecule has 0 bridgehead atoms. The van der Waals surface area contributed by atoms with Gasteiger partial charge in [-0.1, -0.05) is 12.1 Å². The summed E-state index contributed by atoms with van der Waals surface area (Å²) in [5.41, 5.74) is -0.349. The number of para-hydroxylation sites is 1. The Morgan fingerprint density at radius 1 is 1.03 bits per heavy atom. The van der Waals surface area contributed by atoms with E-state index in [9.17, 15) is 31.2 Å². The second-order valence-electron chi connectivity index (χ2n) is 6.02. The highest BCUT2D eigenvalue weighted by molar-refractivity contribution is 7.92. The summed E-state index contributed by atoms with van der Waals surface area (Å²) in [5, 5.41) is 1.55. The number of sulfonamides is 1. The number of esters is 1. The van der Waals surface area contributed by atoms with Crippen molar-refractivity contribution in [1.82, 2.24) is 5.32 Å². The smallest absolute Gasteiger partial charge is 0.405 e. The molecule has 12 heteroatoms. The molecule has 2 N–H and O–H groups in total. The van der Waals surface area contributed by atoms with Crippen LogP contribution in [0, 0.1) is 0 Å². The molecular formula is C19H19F3N2O6S. The maximum absolute atomic E-state index is 12.6. The number of ether oxygens (including phenoxy) is 2. The monoisotopic (exact) mass is 460 g/mol. The Labute approximate surface area is 176 Å². The largest absolute Gasteiger partial charge is 0.494 e. The van der Waals surface area contributed by atoms with Crippen molar-refractivity contribution in [3.63, 3.8) is 0 Å². The Bertz CT molecular complexity index is 1020. The summed E-state index contributed by atoms with van der Waals surface area (Å²) >= 11 is 0. The van der Waals surface area contributed by atoms with Crippen LogP contribution in [0.15, 0.2) is 53.4 Å². The van der Waals surface area contributed by atoms with Gasteiger partial charge in [0.15, 0.2) is 6.61 Å². The van der Waals surface area contributed by atoms with Crippen LogP contribution >= 0.6 is 0 Å². The highest BCUT2D eigenvalue weighted by Gasteiger charge is 2.28. The van der Waals surface area contributed by atoms with E-state index in [-0.39, 0.29) is 16.1 Å². The number of rotatable bonds is 9. The second kappa shape index (κ2) is 10.2. The molecule has 0 heterocycles. The molecule has 2 aromatic rings. The topological polar surface area (TPSA) is 111 Å². The lowest BCUT2D eigenvalue weighted by Gasteiger charge is -2.13. The zero-order valence-electron chi connectivity index (χ0n) is 16.2. The minimum absolute atomic E-state index is 0.0920. The molecule has 2 rings (SSSR count). The predicted octanol–water partition coefficient (Wildman–Crippen LogP) is 2.72. The van der Waals surface area contributed by atoms with Gasteiger partial charge in [-0.25, -0.2) is 13.2 Å². The van der Waals surface area contributed by atoms with E-state index in [0.717, 1.165) is 0 Å². The molecular weight excluding hydrogens is 441 g/mol. The first-order valence-electron chi connectivity index (χ1n) is 8.87. The molecule has 0 radical (unpaired) electrons. The van der Waals surface area contributed by atoms with Gasteiger partial charge in [0.2, 0.25) is 0 Å². The van der Waals surface area contributed by atoms with Crippen LogP contribution in [-0.4, -0.2) is 46.2 Å². The first-order valence-corrected chi connectivity index (χ1v) is 10.4. The summed E-state index contributed by atoms with van der Waals surface area (Å²) in [6, 6.07) is 11.0. The molecule has 0 saturated carbocycles. The molecule has 8 nitrogen and oxygen atoms in total. The molecule has 0 aromatic heterocycles. The number of nitrogens with one attached hydrogen (secondary N) is 2. The highest BCUT2D eigenvalue weighted by atomic mass is 32.2. The average Bonchev–Trinajstić information content (AvgIpc) is 2.71. The van der Waals surface area contributed by atoms with Crippen molar-refractivity contribution >= 4 is 27.6 Å². The molecule has 0 aliphatic carbocycles. The Kier molecular flexibility index (Phi) is 7.86. The maximum atomic E-state index is 12.6.